The molecule has 0 aliphatic heterocycles. The van der Waals surface area contributed by atoms with E-state index < -0.39 is 0 Å². The highest BCUT2D eigenvalue weighted by molar-refractivity contribution is 5.96. The van der Waals surface area contributed by atoms with Crippen LogP contribution >= 0.6 is 0 Å². The molecule has 14 heavy (non-hydrogen) atoms. The standard InChI is InChI=1S/C12H17NO/c1-5-10-7(2)6-8(3)11(9(10)4)12(13)14/h6H,5H2,1-4H3,(H2,13,14). The van der Waals surface area contributed by atoms with Gasteiger partial charge in [0.15, 0.2) is 0 Å². The zero-order valence-corrected chi connectivity index (χ0v) is 9.27. The SMILES string of the molecule is CCc1c(C)cc(C)c(C(N)=O)c1C. The van der Waals surface area contributed by atoms with Crippen molar-refractivity contribution < 1.29 is 4.79 Å². The lowest BCUT2D eigenvalue weighted by molar-refractivity contribution is 0.0999. The molecule has 0 saturated carbocycles. The van der Waals surface area contributed by atoms with Gasteiger partial charge in [-0.1, -0.05) is 13.0 Å². The van der Waals surface area contributed by atoms with E-state index in [4.69, 9.17) is 5.73 Å². The zero-order chi connectivity index (χ0) is 10.9. The summed E-state index contributed by atoms with van der Waals surface area (Å²) < 4.78 is 0. The molecule has 2 N–H and O–H groups in total. The van der Waals surface area contributed by atoms with Crippen LogP contribution in [0.3, 0.4) is 0 Å². The summed E-state index contributed by atoms with van der Waals surface area (Å²) in [4.78, 5) is 11.2. The number of aryl methyl sites for hydroxylation is 2. The molecule has 1 rings (SSSR count). The molecule has 1 amide bonds. The van der Waals surface area contributed by atoms with Gasteiger partial charge in [-0.05, 0) is 49.4 Å². The van der Waals surface area contributed by atoms with Gasteiger partial charge in [-0.25, -0.2) is 0 Å². The molecule has 0 heterocycles. The molecule has 1 aromatic rings. The topological polar surface area (TPSA) is 43.1 Å². The Morgan fingerprint density at radius 2 is 1.86 bits per heavy atom. The quantitative estimate of drug-likeness (QED) is 0.765. The number of carbonyl (C=O) groups excluding carboxylic acids is 1. The number of hydrogen-bond acceptors (Lipinski definition) is 1. The van der Waals surface area contributed by atoms with Crippen molar-refractivity contribution in [2.45, 2.75) is 34.1 Å². The number of rotatable bonds is 2. The number of amides is 1. The number of primary amides is 1. The molecule has 0 aliphatic rings. The van der Waals surface area contributed by atoms with Gasteiger partial charge in [-0.3, -0.25) is 4.79 Å². The van der Waals surface area contributed by atoms with Gasteiger partial charge in [0, 0.05) is 5.56 Å². The van der Waals surface area contributed by atoms with Crippen molar-refractivity contribution in [3.8, 4) is 0 Å². The first-order valence-electron chi connectivity index (χ1n) is 4.88. The van der Waals surface area contributed by atoms with Crippen LogP contribution in [0.4, 0.5) is 0 Å². The van der Waals surface area contributed by atoms with E-state index in [1.807, 2.05) is 19.9 Å². The molecular formula is C12H17NO. The fourth-order valence-electron chi connectivity index (χ4n) is 2.15. The van der Waals surface area contributed by atoms with Crippen LogP contribution in [0.5, 0.6) is 0 Å². The predicted octanol–water partition coefficient (Wildman–Crippen LogP) is 2.27. The normalized spacial score (nSPS) is 10.3. The summed E-state index contributed by atoms with van der Waals surface area (Å²) in [5.74, 6) is -0.324. The summed E-state index contributed by atoms with van der Waals surface area (Å²) in [6.07, 6.45) is 0.943. The van der Waals surface area contributed by atoms with Crippen LogP contribution in [0.25, 0.3) is 0 Å². The lowest BCUT2D eigenvalue weighted by Gasteiger charge is -2.13. The maximum absolute atomic E-state index is 11.2. The highest BCUT2D eigenvalue weighted by atomic mass is 16.1. The average molecular weight is 191 g/mol. The molecule has 0 bridgehead atoms. The van der Waals surface area contributed by atoms with E-state index in [-0.39, 0.29) is 5.91 Å². The largest absolute Gasteiger partial charge is 0.366 e. The van der Waals surface area contributed by atoms with Crippen molar-refractivity contribution in [3.63, 3.8) is 0 Å². The maximum atomic E-state index is 11.2. The van der Waals surface area contributed by atoms with Crippen molar-refractivity contribution >= 4 is 5.91 Å². The Hall–Kier alpha value is -1.31. The van der Waals surface area contributed by atoms with Gasteiger partial charge >= 0.3 is 0 Å². The molecule has 0 spiro atoms. The second-order valence-electron chi connectivity index (χ2n) is 3.71. The molecule has 0 fully saturated rings. The Labute approximate surface area is 85.1 Å². The van der Waals surface area contributed by atoms with Crippen molar-refractivity contribution in [1.82, 2.24) is 0 Å². The summed E-state index contributed by atoms with van der Waals surface area (Å²) in [5, 5.41) is 0. The van der Waals surface area contributed by atoms with E-state index in [2.05, 4.69) is 13.8 Å². The monoisotopic (exact) mass is 191 g/mol. The molecule has 0 aromatic heterocycles. The van der Waals surface area contributed by atoms with Gasteiger partial charge in [0.2, 0.25) is 5.91 Å². The molecule has 0 atom stereocenters. The van der Waals surface area contributed by atoms with E-state index >= 15 is 0 Å². The summed E-state index contributed by atoms with van der Waals surface area (Å²) in [6, 6.07) is 2.03. The van der Waals surface area contributed by atoms with Gasteiger partial charge in [0.1, 0.15) is 0 Å². The molecule has 0 saturated heterocycles. The van der Waals surface area contributed by atoms with Gasteiger partial charge in [-0.15, -0.1) is 0 Å². The van der Waals surface area contributed by atoms with Crippen LogP contribution in [-0.2, 0) is 6.42 Å². The van der Waals surface area contributed by atoms with Gasteiger partial charge in [0.25, 0.3) is 0 Å². The first kappa shape index (κ1) is 10.8. The van der Waals surface area contributed by atoms with Crippen LogP contribution in [0.2, 0.25) is 0 Å². The number of nitrogens with two attached hydrogens (primary N) is 1. The molecular weight excluding hydrogens is 174 g/mol. The Kier molecular flexibility index (Phi) is 2.94. The predicted molar refractivity (Wildman–Crippen MR) is 58.5 cm³/mol. The summed E-state index contributed by atoms with van der Waals surface area (Å²) >= 11 is 0. The first-order valence-corrected chi connectivity index (χ1v) is 4.88. The fraction of sp³-hybridized carbons (Fsp3) is 0.417. The highest BCUT2D eigenvalue weighted by Crippen LogP contribution is 2.22. The van der Waals surface area contributed by atoms with Gasteiger partial charge in [0.05, 0.1) is 0 Å². The maximum Gasteiger partial charge on any atom is 0.249 e. The van der Waals surface area contributed by atoms with Crippen molar-refractivity contribution in [2.75, 3.05) is 0 Å². The van der Waals surface area contributed by atoms with Crippen LogP contribution in [0.1, 0.15) is 39.5 Å². The zero-order valence-electron chi connectivity index (χ0n) is 9.27. The second-order valence-corrected chi connectivity index (χ2v) is 3.71. The third kappa shape index (κ3) is 1.65. The van der Waals surface area contributed by atoms with Crippen molar-refractivity contribution in [2.24, 2.45) is 5.73 Å². The minimum atomic E-state index is -0.324. The van der Waals surface area contributed by atoms with Crippen LogP contribution in [0, 0.1) is 20.8 Å². The third-order valence-electron chi connectivity index (χ3n) is 2.73. The molecule has 76 valence electrons. The van der Waals surface area contributed by atoms with Crippen LogP contribution < -0.4 is 5.73 Å². The molecule has 2 heteroatoms. The van der Waals surface area contributed by atoms with Crippen molar-refractivity contribution in [3.05, 3.63) is 33.9 Å². The first-order chi connectivity index (χ1) is 6.49. The lowest BCUT2D eigenvalue weighted by Crippen LogP contribution is -2.16. The summed E-state index contributed by atoms with van der Waals surface area (Å²) in [7, 11) is 0. The minimum absolute atomic E-state index is 0.324. The smallest absolute Gasteiger partial charge is 0.249 e. The summed E-state index contributed by atoms with van der Waals surface area (Å²) in [5.41, 5.74) is 10.5. The molecule has 0 unspecified atom stereocenters. The summed E-state index contributed by atoms with van der Waals surface area (Å²) in [6.45, 7) is 8.07. The van der Waals surface area contributed by atoms with Crippen LogP contribution in [-0.4, -0.2) is 5.91 Å². The molecule has 0 radical (unpaired) electrons. The second kappa shape index (κ2) is 3.82. The average Bonchev–Trinajstić information content (AvgIpc) is 2.02. The van der Waals surface area contributed by atoms with Gasteiger partial charge in [-0.2, -0.15) is 0 Å². The molecule has 0 aliphatic carbocycles. The van der Waals surface area contributed by atoms with E-state index in [0.29, 0.717) is 5.56 Å². The Bertz CT molecular complexity index is 380. The Morgan fingerprint density at radius 1 is 1.29 bits per heavy atom. The Balaban J connectivity index is 3.52. The number of benzene rings is 1. The number of hydrogen-bond donors (Lipinski definition) is 1. The highest BCUT2D eigenvalue weighted by Gasteiger charge is 2.13. The van der Waals surface area contributed by atoms with Crippen molar-refractivity contribution in [1.29, 1.82) is 0 Å². The van der Waals surface area contributed by atoms with Gasteiger partial charge < -0.3 is 5.73 Å². The molecule has 1 aromatic carbocycles. The number of carbonyl (C=O) groups is 1. The van der Waals surface area contributed by atoms with E-state index in [1.54, 1.807) is 0 Å². The fourth-order valence-corrected chi connectivity index (χ4v) is 2.15. The third-order valence-corrected chi connectivity index (χ3v) is 2.73. The van der Waals surface area contributed by atoms with Crippen LogP contribution in [0.15, 0.2) is 6.07 Å². The van der Waals surface area contributed by atoms with E-state index in [1.165, 1.54) is 11.1 Å². The van der Waals surface area contributed by atoms with E-state index in [0.717, 1.165) is 17.5 Å². The Morgan fingerprint density at radius 3 is 2.29 bits per heavy atom. The minimum Gasteiger partial charge on any atom is -0.366 e. The van der Waals surface area contributed by atoms with E-state index in [9.17, 15) is 4.79 Å². The molecule has 2 nitrogen and oxygen atoms in total. The lowest BCUT2D eigenvalue weighted by atomic mass is 9.92.